The van der Waals surface area contributed by atoms with Crippen molar-refractivity contribution >= 4 is 29.4 Å². The maximum atomic E-state index is 11.9. The van der Waals surface area contributed by atoms with Gasteiger partial charge in [-0.15, -0.1) is 11.8 Å². The minimum Gasteiger partial charge on any atom is -0.480 e. The van der Waals surface area contributed by atoms with Crippen LogP contribution in [-0.4, -0.2) is 43.1 Å². The summed E-state index contributed by atoms with van der Waals surface area (Å²) in [5.41, 5.74) is 0.656. The molecule has 21 heavy (non-hydrogen) atoms. The van der Waals surface area contributed by atoms with Crippen molar-refractivity contribution in [1.82, 2.24) is 5.32 Å². The molecule has 0 aliphatic rings. The zero-order chi connectivity index (χ0) is 15.7. The highest BCUT2D eigenvalue weighted by atomic mass is 32.2. The fraction of sp³-hybridized carbons (Fsp3) is 0.429. The van der Waals surface area contributed by atoms with Crippen molar-refractivity contribution in [3.63, 3.8) is 0 Å². The fourth-order valence-electron chi connectivity index (χ4n) is 1.75. The number of nitrogens with one attached hydrogen (secondary N) is 2. The highest BCUT2D eigenvalue weighted by molar-refractivity contribution is 7.98. The molecule has 1 aromatic carbocycles. The minimum atomic E-state index is -1.06. The van der Waals surface area contributed by atoms with Gasteiger partial charge in [0, 0.05) is 18.6 Å². The second-order valence-electron chi connectivity index (χ2n) is 4.32. The minimum absolute atomic E-state index is 0.320. The molecule has 0 aliphatic carbocycles. The van der Waals surface area contributed by atoms with Crippen molar-refractivity contribution in [2.24, 2.45) is 0 Å². The normalized spacial score (nSPS) is 11.7. The number of carbonyl (C=O) groups is 2. The van der Waals surface area contributed by atoms with Crippen LogP contribution in [0.15, 0.2) is 29.2 Å². The van der Waals surface area contributed by atoms with Crippen LogP contribution in [0.5, 0.6) is 0 Å². The first-order valence-corrected chi connectivity index (χ1v) is 7.73. The molecule has 0 heterocycles. The third-order valence-electron chi connectivity index (χ3n) is 2.80. The standard InChI is InChI=1S/C14H20N2O4S/c1-20-9-5-7-11(13(17)18)16-14(19)15-10-6-3-4-8-12(10)21-2/h3-4,6,8,11H,5,7,9H2,1-2H3,(H,17,18)(H2,15,16,19). The van der Waals surface area contributed by atoms with Crippen molar-refractivity contribution in [1.29, 1.82) is 0 Å². The highest BCUT2D eigenvalue weighted by Gasteiger charge is 2.19. The average Bonchev–Trinajstić information content (AvgIpc) is 2.46. The number of hydrogen-bond donors (Lipinski definition) is 3. The third-order valence-corrected chi connectivity index (χ3v) is 3.60. The SMILES string of the molecule is COCCCC(NC(=O)Nc1ccccc1SC)C(=O)O. The third kappa shape index (κ3) is 6.05. The van der Waals surface area contributed by atoms with E-state index in [1.165, 1.54) is 11.8 Å². The number of carbonyl (C=O) groups excluding carboxylic acids is 1. The largest absolute Gasteiger partial charge is 0.480 e. The molecule has 0 bridgehead atoms. The van der Waals surface area contributed by atoms with Gasteiger partial charge in [0.1, 0.15) is 6.04 Å². The summed E-state index contributed by atoms with van der Waals surface area (Å²) >= 11 is 1.50. The van der Waals surface area contributed by atoms with Gasteiger partial charge in [0.05, 0.1) is 5.69 Å². The monoisotopic (exact) mass is 312 g/mol. The summed E-state index contributed by atoms with van der Waals surface area (Å²) in [7, 11) is 1.55. The number of urea groups is 1. The van der Waals surface area contributed by atoms with E-state index in [2.05, 4.69) is 10.6 Å². The van der Waals surface area contributed by atoms with Crippen molar-refractivity contribution in [2.75, 3.05) is 25.3 Å². The Morgan fingerprint density at radius 1 is 1.38 bits per heavy atom. The van der Waals surface area contributed by atoms with Gasteiger partial charge < -0.3 is 20.5 Å². The molecule has 0 saturated carbocycles. The summed E-state index contributed by atoms with van der Waals surface area (Å²) in [6.45, 7) is 0.461. The van der Waals surface area contributed by atoms with Crippen molar-refractivity contribution < 1.29 is 19.4 Å². The molecule has 0 aromatic heterocycles. The smallest absolute Gasteiger partial charge is 0.326 e. The predicted octanol–water partition coefficient (Wildman–Crippen LogP) is 2.41. The van der Waals surface area contributed by atoms with Gasteiger partial charge >= 0.3 is 12.0 Å². The second kappa shape index (κ2) is 9.25. The van der Waals surface area contributed by atoms with Gasteiger partial charge in [-0.3, -0.25) is 0 Å². The summed E-state index contributed by atoms with van der Waals surface area (Å²) in [6, 6.07) is 5.88. The fourth-order valence-corrected chi connectivity index (χ4v) is 2.31. The Morgan fingerprint density at radius 3 is 2.71 bits per heavy atom. The lowest BCUT2D eigenvalue weighted by Gasteiger charge is -2.16. The van der Waals surface area contributed by atoms with Crippen LogP contribution in [0.4, 0.5) is 10.5 Å². The van der Waals surface area contributed by atoms with Gasteiger partial charge in [0.15, 0.2) is 0 Å². The molecule has 0 saturated heterocycles. The number of anilines is 1. The molecule has 1 aromatic rings. The Bertz CT molecular complexity index is 482. The molecular formula is C14H20N2O4S. The van der Waals surface area contributed by atoms with Crippen LogP contribution in [0.2, 0.25) is 0 Å². The van der Waals surface area contributed by atoms with Crippen molar-refractivity contribution in [2.45, 2.75) is 23.8 Å². The molecule has 6 nitrogen and oxygen atoms in total. The van der Waals surface area contributed by atoms with Gasteiger partial charge in [-0.1, -0.05) is 12.1 Å². The van der Waals surface area contributed by atoms with Gasteiger partial charge in [-0.25, -0.2) is 9.59 Å². The topological polar surface area (TPSA) is 87.7 Å². The molecule has 0 fully saturated rings. The number of carboxylic acid groups (broad SMARTS) is 1. The number of rotatable bonds is 8. The molecule has 0 spiro atoms. The van der Waals surface area contributed by atoms with Crippen LogP contribution in [0.25, 0.3) is 0 Å². The summed E-state index contributed by atoms with van der Waals surface area (Å²) in [6.07, 6.45) is 2.79. The molecule has 1 unspecified atom stereocenters. The predicted molar refractivity (Wildman–Crippen MR) is 82.9 cm³/mol. The molecule has 116 valence electrons. The first-order valence-electron chi connectivity index (χ1n) is 6.50. The Kier molecular flexibility index (Phi) is 7.63. The van der Waals surface area contributed by atoms with E-state index in [9.17, 15) is 9.59 Å². The van der Waals surface area contributed by atoms with Crippen LogP contribution >= 0.6 is 11.8 Å². The molecule has 2 amide bonds. The zero-order valence-corrected chi connectivity index (χ0v) is 12.9. The summed E-state index contributed by atoms with van der Waals surface area (Å²) in [4.78, 5) is 23.9. The number of thioether (sulfide) groups is 1. The molecular weight excluding hydrogens is 292 g/mol. The molecule has 3 N–H and O–H groups in total. The lowest BCUT2D eigenvalue weighted by atomic mass is 10.1. The lowest BCUT2D eigenvalue weighted by Crippen LogP contribution is -2.43. The number of ether oxygens (including phenoxy) is 1. The Hall–Kier alpha value is -1.73. The quantitative estimate of drug-likeness (QED) is 0.507. The average molecular weight is 312 g/mol. The highest BCUT2D eigenvalue weighted by Crippen LogP contribution is 2.24. The van der Waals surface area contributed by atoms with Crippen molar-refractivity contribution in [3.05, 3.63) is 24.3 Å². The number of para-hydroxylation sites is 1. The van der Waals surface area contributed by atoms with Gasteiger partial charge in [-0.05, 0) is 31.2 Å². The number of hydrogen-bond acceptors (Lipinski definition) is 4. The maximum Gasteiger partial charge on any atom is 0.326 e. The summed E-state index contributed by atoms with van der Waals surface area (Å²) in [5, 5.41) is 14.2. The molecule has 0 radical (unpaired) electrons. The van der Waals surface area contributed by atoms with Gasteiger partial charge in [-0.2, -0.15) is 0 Å². The van der Waals surface area contributed by atoms with E-state index in [0.29, 0.717) is 25.1 Å². The van der Waals surface area contributed by atoms with E-state index in [0.717, 1.165) is 4.90 Å². The lowest BCUT2D eigenvalue weighted by molar-refractivity contribution is -0.139. The molecule has 7 heteroatoms. The Morgan fingerprint density at radius 2 is 2.10 bits per heavy atom. The number of benzene rings is 1. The number of carboxylic acids is 1. The molecule has 1 rings (SSSR count). The Labute approximate surface area is 128 Å². The van der Waals surface area contributed by atoms with Gasteiger partial charge in [0.25, 0.3) is 0 Å². The Balaban J connectivity index is 2.59. The van der Waals surface area contributed by atoms with Gasteiger partial charge in [0.2, 0.25) is 0 Å². The summed E-state index contributed by atoms with van der Waals surface area (Å²) < 4.78 is 4.88. The van der Waals surface area contributed by atoms with Crippen LogP contribution in [-0.2, 0) is 9.53 Å². The molecule has 1 atom stereocenters. The van der Waals surface area contributed by atoms with E-state index < -0.39 is 18.0 Å². The first-order chi connectivity index (χ1) is 10.1. The second-order valence-corrected chi connectivity index (χ2v) is 5.17. The van der Waals surface area contributed by atoms with E-state index in [4.69, 9.17) is 9.84 Å². The van der Waals surface area contributed by atoms with Crippen LogP contribution < -0.4 is 10.6 Å². The van der Waals surface area contributed by atoms with Crippen LogP contribution in [0, 0.1) is 0 Å². The van der Waals surface area contributed by atoms with Crippen molar-refractivity contribution in [3.8, 4) is 0 Å². The van der Waals surface area contributed by atoms with Crippen LogP contribution in [0.3, 0.4) is 0 Å². The van der Waals surface area contributed by atoms with Crippen LogP contribution in [0.1, 0.15) is 12.8 Å². The van der Waals surface area contributed by atoms with E-state index in [-0.39, 0.29) is 0 Å². The van der Waals surface area contributed by atoms with E-state index >= 15 is 0 Å². The zero-order valence-electron chi connectivity index (χ0n) is 12.1. The first kappa shape index (κ1) is 17.3. The summed E-state index contributed by atoms with van der Waals surface area (Å²) in [5.74, 6) is -1.06. The maximum absolute atomic E-state index is 11.9. The van der Waals surface area contributed by atoms with E-state index in [1.54, 1.807) is 13.2 Å². The molecule has 0 aliphatic heterocycles. The number of amides is 2. The number of methoxy groups -OCH3 is 1. The van der Waals surface area contributed by atoms with E-state index in [1.807, 2.05) is 24.5 Å². The number of aliphatic carboxylic acids is 1.